The number of hydrogen-bond acceptors (Lipinski definition) is 2. The van der Waals surface area contributed by atoms with Gasteiger partial charge < -0.3 is 10.2 Å². The van der Waals surface area contributed by atoms with Crippen LogP contribution in [0.3, 0.4) is 0 Å². The molecule has 1 rings (SSSR count). The molecule has 0 aromatic heterocycles. The third kappa shape index (κ3) is 4.67. The number of carbonyl (C=O) groups excluding carboxylic acids is 1. The molecule has 0 aliphatic heterocycles. The minimum Gasteiger partial charge on any atom is -0.348 e. The predicted molar refractivity (Wildman–Crippen MR) is 80.1 cm³/mol. The number of likely N-dealkylation sites (N-methyl/N-ethyl adjacent to an activating group) is 1. The average molecular weight is 262 g/mol. The quantitative estimate of drug-likeness (QED) is 0.854. The molecule has 1 unspecified atom stereocenters. The molecule has 106 valence electrons. The van der Waals surface area contributed by atoms with E-state index in [4.69, 9.17) is 0 Å². The zero-order chi connectivity index (χ0) is 14.4. The summed E-state index contributed by atoms with van der Waals surface area (Å²) in [4.78, 5) is 13.3. The summed E-state index contributed by atoms with van der Waals surface area (Å²) in [5, 5.41) is 3.36. The van der Waals surface area contributed by atoms with Crippen LogP contribution < -0.4 is 5.32 Å². The zero-order valence-corrected chi connectivity index (χ0v) is 12.7. The first kappa shape index (κ1) is 15.7. The van der Waals surface area contributed by atoms with E-state index in [2.05, 4.69) is 50.4 Å². The number of hydrogen-bond donors (Lipinski definition) is 1. The molecule has 0 bridgehead atoms. The second-order valence-corrected chi connectivity index (χ2v) is 5.49. The summed E-state index contributed by atoms with van der Waals surface area (Å²) in [6.45, 7) is 6.88. The van der Waals surface area contributed by atoms with Crippen molar-refractivity contribution in [3.05, 3.63) is 35.4 Å². The van der Waals surface area contributed by atoms with E-state index in [9.17, 15) is 4.79 Å². The topological polar surface area (TPSA) is 32.3 Å². The number of rotatable bonds is 6. The second-order valence-electron chi connectivity index (χ2n) is 5.49. The maximum atomic E-state index is 11.7. The van der Waals surface area contributed by atoms with Crippen LogP contribution in [0, 0.1) is 5.92 Å². The van der Waals surface area contributed by atoms with Gasteiger partial charge in [0.1, 0.15) is 0 Å². The lowest BCUT2D eigenvalue weighted by Crippen LogP contribution is -2.36. The second kappa shape index (κ2) is 7.29. The van der Waals surface area contributed by atoms with Crippen molar-refractivity contribution >= 4 is 5.91 Å². The summed E-state index contributed by atoms with van der Waals surface area (Å²) in [5.74, 6) is 0.554. The van der Waals surface area contributed by atoms with E-state index in [1.165, 1.54) is 11.1 Å². The van der Waals surface area contributed by atoms with Crippen LogP contribution in [0.5, 0.6) is 0 Å². The summed E-state index contributed by atoms with van der Waals surface area (Å²) >= 11 is 0. The number of carbonyl (C=O) groups is 1. The van der Waals surface area contributed by atoms with E-state index >= 15 is 0 Å². The number of nitrogens with one attached hydrogen (secondary N) is 1. The highest BCUT2D eigenvalue weighted by Crippen LogP contribution is 2.22. The minimum absolute atomic E-state index is 0.107. The van der Waals surface area contributed by atoms with E-state index in [1.54, 1.807) is 19.0 Å². The molecular formula is C16H26N2O. The van der Waals surface area contributed by atoms with Gasteiger partial charge in [0.2, 0.25) is 5.91 Å². The van der Waals surface area contributed by atoms with Gasteiger partial charge in [-0.1, -0.05) is 45.0 Å². The van der Waals surface area contributed by atoms with E-state index < -0.39 is 0 Å². The van der Waals surface area contributed by atoms with Crippen LogP contribution in [0.4, 0.5) is 0 Å². The number of nitrogens with zero attached hydrogens (tertiary/aromatic N) is 1. The maximum absolute atomic E-state index is 11.7. The molecule has 0 heterocycles. The van der Waals surface area contributed by atoms with Crippen LogP contribution in [0.25, 0.3) is 0 Å². The highest BCUT2D eigenvalue weighted by molar-refractivity contribution is 5.77. The number of amides is 1. The molecule has 0 spiro atoms. The van der Waals surface area contributed by atoms with E-state index in [0.29, 0.717) is 12.5 Å². The first-order chi connectivity index (χ1) is 8.95. The van der Waals surface area contributed by atoms with Gasteiger partial charge in [-0.3, -0.25) is 4.79 Å². The average Bonchev–Trinajstić information content (AvgIpc) is 2.38. The van der Waals surface area contributed by atoms with Crippen LogP contribution >= 0.6 is 0 Å². The molecule has 0 saturated heterocycles. The van der Waals surface area contributed by atoms with Gasteiger partial charge in [-0.2, -0.15) is 0 Å². The molecule has 0 aliphatic rings. The van der Waals surface area contributed by atoms with Crippen LogP contribution in [0.1, 0.15) is 37.9 Å². The Hall–Kier alpha value is -1.35. The molecule has 0 saturated carbocycles. The van der Waals surface area contributed by atoms with Crippen molar-refractivity contribution in [1.82, 2.24) is 10.2 Å². The fraction of sp³-hybridized carbons (Fsp3) is 0.562. The van der Waals surface area contributed by atoms with Gasteiger partial charge in [0.15, 0.2) is 0 Å². The van der Waals surface area contributed by atoms with Gasteiger partial charge in [-0.05, 0) is 23.5 Å². The van der Waals surface area contributed by atoms with Crippen molar-refractivity contribution in [2.75, 3.05) is 20.6 Å². The lowest BCUT2D eigenvalue weighted by Gasteiger charge is -2.24. The van der Waals surface area contributed by atoms with E-state index in [1.807, 2.05) is 0 Å². The molecule has 1 N–H and O–H groups in total. The lowest BCUT2D eigenvalue weighted by atomic mass is 9.95. The molecule has 0 aliphatic carbocycles. The van der Waals surface area contributed by atoms with Crippen molar-refractivity contribution in [3.63, 3.8) is 0 Å². The Labute approximate surface area is 117 Å². The standard InChI is InChI=1S/C16H26N2O/c1-6-13-7-9-14(10-8-13)16(12(2)3)17-11-15(19)18(4)5/h7-10,12,16-17H,6,11H2,1-5H3. The molecule has 19 heavy (non-hydrogen) atoms. The summed E-state index contributed by atoms with van der Waals surface area (Å²) in [6.07, 6.45) is 1.05. The maximum Gasteiger partial charge on any atom is 0.236 e. The monoisotopic (exact) mass is 262 g/mol. The zero-order valence-electron chi connectivity index (χ0n) is 12.7. The molecule has 0 fully saturated rings. The predicted octanol–water partition coefficient (Wildman–Crippen LogP) is 2.62. The molecule has 0 radical (unpaired) electrons. The Morgan fingerprint density at radius 1 is 1.21 bits per heavy atom. The smallest absolute Gasteiger partial charge is 0.236 e. The summed E-state index contributed by atoms with van der Waals surface area (Å²) in [6, 6.07) is 8.88. The number of benzene rings is 1. The van der Waals surface area contributed by atoms with Gasteiger partial charge in [0.25, 0.3) is 0 Å². The lowest BCUT2D eigenvalue weighted by molar-refractivity contribution is -0.127. The highest BCUT2D eigenvalue weighted by atomic mass is 16.2. The molecule has 1 aromatic rings. The highest BCUT2D eigenvalue weighted by Gasteiger charge is 2.16. The SMILES string of the molecule is CCc1ccc(C(NCC(=O)N(C)C)C(C)C)cc1. The molecule has 1 aromatic carbocycles. The summed E-state index contributed by atoms with van der Waals surface area (Å²) in [5.41, 5.74) is 2.59. The van der Waals surface area contributed by atoms with Gasteiger partial charge in [0, 0.05) is 20.1 Å². The van der Waals surface area contributed by atoms with E-state index in [-0.39, 0.29) is 11.9 Å². The van der Waals surface area contributed by atoms with Crippen molar-refractivity contribution in [2.45, 2.75) is 33.2 Å². The van der Waals surface area contributed by atoms with Crippen LogP contribution in [0.15, 0.2) is 24.3 Å². The number of aryl methyl sites for hydroxylation is 1. The fourth-order valence-electron chi connectivity index (χ4n) is 2.05. The van der Waals surface area contributed by atoms with Gasteiger partial charge in [-0.15, -0.1) is 0 Å². The van der Waals surface area contributed by atoms with Crippen molar-refractivity contribution in [3.8, 4) is 0 Å². The molecule has 1 amide bonds. The van der Waals surface area contributed by atoms with Crippen LogP contribution in [0.2, 0.25) is 0 Å². The normalized spacial score (nSPS) is 12.5. The Balaban J connectivity index is 2.73. The first-order valence-corrected chi connectivity index (χ1v) is 6.98. The fourth-order valence-corrected chi connectivity index (χ4v) is 2.05. The van der Waals surface area contributed by atoms with Gasteiger partial charge in [0.05, 0.1) is 6.54 Å². The Bertz CT molecular complexity index is 396. The third-order valence-corrected chi connectivity index (χ3v) is 3.39. The first-order valence-electron chi connectivity index (χ1n) is 6.98. The van der Waals surface area contributed by atoms with Crippen LogP contribution in [-0.4, -0.2) is 31.4 Å². The van der Waals surface area contributed by atoms with Crippen molar-refractivity contribution in [1.29, 1.82) is 0 Å². The van der Waals surface area contributed by atoms with Gasteiger partial charge >= 0.3 is 0 Å². The van der Waals surface area contributed by atoms with Crippen molar-refractivity contribution < 1.29 is 4.79 Å². The molecule has 1 atom stereocenters. The summed E-state index contributed by atoms with van der Waals surface area (Å²) < 4.78 is 0. The third-order valence-electron chi connectivity index (χ3n) is 3.39. The van der Waals surface area contributed by atoms with E-state index in [0.717, 1.165) is 6.42 Å². The Morgan fingerprint density at radius 2 is 1.79 bits per heavy atom. The largest absolute Gasteiger partial charge is 0.348 e. The Kier molecular flexibility index (Phi) is 6.03. The molecule has 3 nitrogen and oxygen atoms in total. The minimum atomic E-state index is 0.107. The molecular weight excluding hydrogens is 236 g/mol. The van der Waals surface area contributed by atoms with Gasteiger partial charge in [-0.25, -0.2) is 0 Å². The van der Waals surface area contributed by atoms with Crippen LogP contribution in [-0.2, 0) is 11.2 Å². The summed E-state index contributed by atoms with van der Waals surface area (Å²) in [7, 11) is 3.56. The van der Waals surface area contributed by atoms with Crippen molar-refractivity contribution in [2.24, 2.45) is 5.92 Å². The Morgan fingerprint density at radius 3 is 2.21 bits per heavy atom. The molecule has 3 heteroatoms.